The number of fused-ring (bicyclic) bond motifs is 1. The predicted molar refractivity (Wildman–Crippen MR) is 135 cm³/mol. The maximum Gasteiger partial charge on any atom is 1.00 e. The smallest absolute Gasteiger partial charge is 0.868 e. The maximum atomic E-state index is 12.3. The zero-order chi connectivity index (χ0) is 23.6. The van der Waals surface area contributed by atoms with Gasteiger partial charge >= 0.3 is 18.9 Å². The molecule has 166 valence electrons. The number of nitrogens with one attached hydrogen (secondary N) is 1. The van der Waals surface area contributed by atoms with E-state index >= 15 is 0 Å². The molecule has 0 aliphatic heterocycles. The average molecular weight is 459 g/mol. The van der Waals surface area contributed by atoms with Crippen LogP contribution in [0.15, 0.2) is 115 Å². The monoisotopic (exact) mass is 459 g/mol. The van der Waals surface area contributed by atoms with E-state index in [0.29, 0.717) is 23.0 Å². The fourth-order valence-corrected chi connectivity index (χ4v) is 4.21. The van der Waals surface area contributed by atoms with Gasteiger partial charge in [-0.15, -0.1) is 0 Å². The topological polar surface area (TPSA) is 75.9 Å². The molecule has 0 atom stereocenters. The molecular weight excluding hydrogens is 439 g/mol. The first kappa shape index (κ1) is 23.4. The van der Waals surface area contributed by atoms with Gasteiger partial charge in [-0.05, 0) is 29.0 Å². The fraction of sp³-hybridized carbons (Fsp3) is 0. The minimum absolute atomic E-state index is 0. The van der Waals surface area contributed by atoms with Crippen LogP contribution in [0.25, 0.3) is 56.2 Å². The second kappa shape index (κ2) is 10.1. The SMILES string of the molecule is [Li+].[O-]c1ccc(-c2cccc(-c3nc(-c4ccccc4)nc(-c4ccccc4)n3)c2)c2ccc[nH+]c12. The third-order valence-corrected chi connectivity index (χ3v) is 5.93. The summed E-state index contributed by atoms with van der Waals surface area (Å²) < 4.78 is 0. The summed E-state index contributed by atoms with van der Waals surface area (Å²) in [6.45, 7) is 0. The van der Waals surface area contributed by atoms with Gasteiger partial charge in [0.1, 0.15) is 0 Å². The van der Waals surface area contributed by atoms with Gasteiger partial charge < -0.3 is 5.11 Å². The van der Waals surface area contributed by atoms with E-state index in [9.17, 15) is 5.11 Å². The Labute approximate surface area is 220 Å². The summed E-state index contributed by atoms with van der Waals surface area (Å²) in [5, 5.41) is 13.2. The Morgan fingerprint density at radius 2 is 1.08 bits per heavy atom. The molecule has 0 saturated heterocycles. The van der Waals surface area contributed by atoms with Crippen LogP contribution in [0, 0.1) is 0 Å². The van der Waals surface area contributed by atoms with E-state index in [1.165, 1.54) is 0 Å². The van der Waals surface area contributed by atoms with Crippen molar-refractivity contribution < 1.29 is 29.0 Å². The maximum absolute atomic E-state index is 12.3. The Balaban J connectivity index is 0.00000267. The van der Waals surface area contributed by atoms with Gasteiger partial charge in [-0.1, -0.05) is 91.0 Å². The Kier molecular flexibility index (Phi) is 6.60. The van der Waals surface area contributed by atoms with Crippen LogP contribution in [0.1, 0.15) is 0 Å². The molecule has 6 aromatic rings. The fourth-order valence-electron chi connectivity index (χ4n) is 4.21. The van der Waals surface area contributed by atoms with Crippen molar-refractivity contribution in [2.24, 2.45) is 0 Å². The Bertz CT molecular complexity index is 1600. The van der Waals surface area contributed by atoms with Crippen molar-refractivity contribution >= 4 is 10.9 Å². The zero-order valence-corrected chi connectivity index (χ0v) is 19.7. The van der Waals surface area contributed by atoms with Crippen molar-refractivity contribution in [3.8, 4) is 51.0 Å². The van der Waals surface area contributed by atoms with Gasteiger partial charge in [0, 0.05) is 22.8 Å². The minimum Gasteiger partial charge on any atom is -0.868 e. The van der Waals surface area contributed by atoms with Gasteiger partial charge in [-0.3, -0.25) is 0 Å². The van der Waals surface area contributed by atoms with Crippen LogP contribution in [0.3, 0.4) is 0 Å². The molecule has 6 heteroatoms. The van der Waals surface area contributed by atoms with E-state index in [1.54, 1.807) is 12.3 Å². The van der Waals surface area contributed by atoms with Gasteiger partial charge in [0.15, 0.2) is 23.7 Å². The standard InChI is InChI=1S/C30H20N4O.Li/c35-26-17-16-24(25-15-8-18-31-27(25)26)22-13-7-14-23(19-22)30-33-28(20-9-3-1-4-10-20)32-29(34-30)21-11-5-2-6-12-21;/h1-19,35H;/q;+1. The molecule has 0 saturated carbocycles. The number of aromatic nitrogens is 4. The molecule has 0 amide bonds. The normalized spacial score (nSPS) is 10.7. The van der Waals surface area contributed by atoms with Gasteiger partial charge in [0.2, 0.25) is 5.52 Å². The number of pyridine rings is 1. The second-order valence-corrected chi connectivity index (χ2v) is 8.19. The number of rotatable bonds is 4. The van der Waals surface area contributed by atoms with Gasteiger partial charge in [0.25, 0.3) is 0 Å². The van der Waals surface area contributed by atoms with E-state index in [1.807, 2.05) is 97.1 Å². The number of benzene rings is 4. The molecule has 0 fully saturated rings. The molecule has 0 aliphatic rings. The van der Waals surface area contributed by atoms with Gasteiger partial charge in [0.05, 0.1) is 5.39 Å². The van der Waals surface area contributed by atoms with E-state index in [4.69, 9.17) is 15.0 Å². The first-order valence-corrected chi connectivity index (χ1v) is 11.3. The molecule has 36 heavy (non-hydrogen) atoms. The van der Waals surface area contributed by atoms with E-state index < -0.39 is 0 Å². The Morgan fingerprint density at radius 1 is 0.528 bits per heavy atom. The molecule has 0 spiro atoms. The van der Waals surface area contributed by atoms with Crippen LogP contribution >= 0.6 is 0 Å². The molecule has 4 aromatic carbocycles. The van der Waals surface area contributed by atoms with Crippen molar-refractivity contribution in [1.29, 1.82) is 0 Å². The summed E-state index contributed by atoms with van der Waals surface area (Å²) in [5.74, 6) is 1.81. The molecule has 2 heterocycles. The number of hydrogen-bond donors (Lipinski definition) is 0. The molecule has 1 N–H and O–H groups in total. The molecule has 0 aliphatic carbocycles. The molecular formula is C30H20LiN4O+. The van der Waals surface area contributed by atoms with Crippen molar-refractivity contribution in [1.82, 2.24) is 15.0 Å². The Hall–Kier alpha value is -4.30. The first-order valence-electron chi connectivity index (χ1n) is 11.3. The van der Waals surface area contributed by atoms with E-state index in [0.717, 1.165) is 33.2 Å². The molecule has 2 aromatic heterocycles. The summed E-state index contributed by atoms with van der Waals surface area (Å²) in [6, 6.07) is 35.3. The molecule has 6 rings (SSSR count). The second-order valence-electron chi connectivity index (χ2n) is 8.19. The number of hydrogen-bond acceptors (Lipinski definition) is 4. The summed E-state index contributed by atoms with van der Waals surface area (Å²) in [4.78, 5) is 17.5. The zero-order valence-electron chi connectivity index (χ0n) is 19.7. The quantitative estimate of drug-likeness (QED) is 0.380. The third kappa shape index (κ3) is 4.50. The van der Waals surface area contributed by atoms with Crippen LogP contribution in [0.4, 0.5) is 0 Å². The molecule has 0 radical (unpaired) electrons. The van der Waals surface area contributed by atoms with Crippen molar-refractivity contribution in [3.63, 3.8) is 0 Å². The summed E-state index contributed by atoms with van der Waals surface area (Å²) in [7, 11) is 0. The van der Waals surface area contributed by atoms with Gasteiger partial charge in [-0.2, -0.15) is 0 Å². The minimum atomic E-state index is -0.0297. The largest absolute Gasteiger partial charge is 1.00 e. The van der Waals surface area contributed by atoms with Crippen LogP contribution < -0.4 is 29.0 Å². The van der Waals surface area contributed by atoms with Crippen LogP contribution in [-0.2, 0) is 0 Å². The van der Waals surface area contributed by atoms with Crippen molar-refractivity contribution in [3.05, 3.63) is 115 Å². The average Bonchev–Trinajstić information content (AvgIpc) is 2.94. The van der Waals surface area contributed by atoms with Crippen LogP contribution in [0.2, 0.25) is 0 Å². The first-order chi connectivity index (χ1) is 17.3. The van der Waals surface area contributed by atoms with Crippen molar-refractivity contribution in [2.45, 2.75) is 0 Å². The third-order valence-electron chi connectivity index (χ3n) is 5.93. The Morgan fingerprint density at radius 3 is 1.72 bits per heavy atom. The van der Waals surface area contributed by atoms with E-state index in [-0.39, 0.29) is 24.6 Å². The number of H-pyrrole nitrogens is 1. The number of nitrogens with zero attached hydrogens (tertiary/aromatic N) is 3. The van der Waals surface area contributed by atoms with Crippen LogP contribution in [0.5, 0.6) is 5.75 Å². The molecule has 0 unspecified atom stereocenters. The summed E-state index contributed by atoms with van der Waals surface area (Å²) >= 11 is 0. The number of aromatic amines is 1. The molecule has 0 bridgehead atoms. The predicted octanol–water partition coefficient (Wildman–Crippen LogP) is 2.58. The molecule has 5 nitrogen and oxygen atoms in total. The van der Waals surface area contributed by atoms with E-state index in [2.05, 4.69) is 11.1 Å². The summed E-state index contributed by atoms with van der Waals surface area (Å²) in [5.41, 5.74) is 5.27. The van der Waals surface area contributed by atoms with Gasteiger partial charge in [-0.25, -0.2) is 19.9 Å². The van der Waals surface area contributed by atoms with Crippen molar-refractivity contribution in [2.75, 3.05) is 0 Å². The summed E-state index contributed by atoms with van der Waals surface area (Å²) in [6.07, 6.45) is 1.77. The van der Waals surface area contributed by atoms with Crippen LogP contribution in [-0.4, -0.2) is 15.0 Å².